The van der Waals surface area contributed by atoms with Crippen molar-refractivity contribution in [2.75, 3.05) is 0 Å². The molecule has 2 aromatic heterocycles. The van der Waals surface area contributed by atoms with Gasteiger partial charge in [0.15, 0.2) is 5.95 Å². The third-order valence-electron chi connectivity index (χ3n) is 2.61. The minimum Gasteiger partial charge on any atom is -0.539 e. The Morgan fingerprint density at radius 2 is 2.00 bits per heavy atom. The smallest absolute Gasteiger partial charge is 0.264 e. The first-order valence-corrected chi connectivity index (χ1v) is 6.37. The van der Waals surface area contributed by atoms with Gasteiger partial charge in [0.2, 0.25) is 6.54 Å². The van der Waals surface area contributed by atoms with Crippen LogP contribution in [0.5, 0.6) is 5.95 Å². The summed E-state index contributed by atoms with van der Waals surface area (Å²) in [6, 6.07) is 13.4. The number of aromatic nitrogens is 2. The predicted octanol–water partition coefficient (Wildman–Crippen LogP) is 1.81. The molecule has 2 heterocycles. The Morgan fingerprint density at radius 1 is 1.17 bits per heavy atom. The quantitative estimate of drug-likeness (QED) is 0.673. The maximum absolute atomic E-state index is 11.7. The van der Waals surface area contributed by atoms with Gasteiger partial charge in [-0.3, -0.25) is 0 Å². The SMILES string of the molecule is [O-]c1on[n+](Cc2cccs2)c1-c1ccccc1. The van der Waals surface area contributed by atoms with Gasteiger partial charge in [0.1, 0.15) is 0 Å². The average molecular weight is 258 g/mol. The van der Waals surface area contributed by atoms with E-state index in [0.717, 1.165) is 10.4 Å². The molecular weight excluding hydrogens is 248 g/mol. The van der Waals surface area contributed by atoms with Crippen molar-refractivity contribution in [1.29, 1.82) is 0 Å². The van der Waals surface area contributed by atoms with E-state index >= 15 is 0 Å². The van der Waals surface area contributed by atoms with Crippen LogP contribution in [0.25, 0.3) is 11.3 Å². The summed E-state index contributed by atoms with van der Waals surface area (Å²) in [5.41, 5.74) is 1.31. The number of hydrogen-bond acceptors (Lipinski definition) is 4. The lowest BCUT2D eigenvalue weighted by molar-refractivity contribution is -0.744. The molecule has 0 saturated carbocycles. The highest BCUT2D eigenvalue weighted by molar-refractivity contribution is 7.09. The maximum Gasteiger partial charge on any atom is 0.264 e. The molecule has 0 bridgehead atoms. The fraction of sp³-hybridized carbons (Fsp3) is 0.0769. The molecule has 3 aromatic rings. The molecule has 0 amide bonds. The molecular formula is C13H10N2O2S. The molecule has 4 nitrogen and oxygen atoms in total. The second kappa shape index (κ2) is 4.62. The van der Waals surface area contributed by atoms with E-state index in [9.17, 15) is 5.11 Å². The first-order valence-electron chi connectivity index (χ1n) is 5.49. The Hall–Kier alpha value is -2.14. The highest BCUT2D eigenvalue weighted by Crippen LogP contribution is 2.22. The van der Waals surface area contributed by atoms with Crippen molar-refractivity contribution in [3.63, 3.8) is 0 Å². The van der Waals surface area contributed by atoms with E-state index in [4.69, 9.17) is 4.52 Å². The maximum atomic E-state index is 11.7. The molecule has 0 aliphatic rings. The Morgan fingerprint density at radius 3 is 2.72 bits per heavy atom. The summed E-state index contributed by atoms with van der Waals surface area (Å²) in [6.07, 6.45) is 0. The lowest BCUT2D eigenvalue weighted by atomic mass is 10.1. The van der Waals surface area contributed by atoms with Crippen LogP contribution in [-0.4, -0.2) is 5.27 Å². The molecule has 3 rings (SSSR count). The minimum absolute atomic E-state index is 0.405. The van der Waals surface area contributed by atoms with Gasteiger partial charge in [0, 0.05) is 0 Å². The summed E-state index contributed by atoms with van der Waals surface area (Å²) in [6.45, 7) is 0.549. The normalized spacial score (nSPS) is 10.7. The number of benzene rings is 1. The van der Waals surface area contributed by atoms with Crippen molar-refractivity contribution < 1.29 is 14.3 Å². The molecule has 0 spiro atoms. The molecule has 1 aromatic carbocycles. The van der Waals surface area contributed by atoms with Gasteiger partial charge in [-0.25, -0.2) is 0 Å². The largest absolute Gasteiger partial charge is 0.539 e. The van der Waals surface area contributed by atoms with E-state index in [0.29, 0.717) is 12.2 Å². The lowest BCUT2D eigenvalue weighted by Crippen LogP contribution is -2.37. The monoisotopic (exact) mass is 258 g/mol. The molecule has 0 unspecified atom stereocenters. The highest BCUT2D eigenvalue weighted by Gasteiger charge is 2.19. The Bertz CT molecular complexity index is 632. The third-order valence-corrected chi connectivity index (χ3v) is 3.47. The van der Waals surface area contributed by atoms with Crippen LogP contribution in [0.1, 0.15) is 4.88 Å². The Kier molecular flexibility index (Phi) is 2.82. The van der Waals surface area contributed by atoms with Crippen LogP contribution in [0.15, 0.2) is 52.4 Å². The van der Waals surface area contributed by atoms with Gasteiger partial charge in [0.25, 0.3) is 5.69 Å². The van der Waals surface area contributed by atoms with Crippen molar-refractivity contribution in [3.8, 4) is 17.2 Å². The van der Waals surface area contributed by atoms with Crippen LogP contribution in [0.4, 0.5) is 0 Å². The Labute approximate surface area is 108 Å². The van der Waals surface area contributed by atoms with E-state index in [1.54, 1.807) is 16.0 Å². The van der Waals surface area contributed by atoms with Gasteiger partial charge >= 0.3 is 0 Å². The summed E-state index contributed by atoms with van der Waals surface area (Å²) in [5, 5.41) is 17.5. The van der Waals surface area contributed by atoms with E-state index in [1.165, 1.54) is 0 Å². The lowest BCUT2D eigenvalue weighted by Gasteiger charge is -1.97. The van der Waals surface area contributed by atoms with E-state index in [-0.39, 0.29) is 0 Å². The summed E-state index contributed by atoms with van der Waals surface area (Å²) < 4.78 is 6.36. The van der Waals surface area contributed by atoms with Gasteiger partial charge < -0.3 is 9.63 Å². The topological polar surface area (TPSA) is 53.0 Å². The Balaban J connectivity index is 2.02. The fourth-order valence-corrected chi connectivity index (χ4v) is 2.48. The van der Waals surface area contributed by atoms with Crippen LogP contribution < -0.4 is 9.79 Å². The first-order chi connectivity index (χ1) is 8.84. The molecule has 0 aliphatic heterocycles. The third kappa shape index (κ3) is 2.00. The standard InChI is InChI=1S/C13H10N2O2S/c16-13-12(10-5-2-1-3-6-10)15(14-17-13)9-11-7-4-8-18-11/h1-8H,9H2. The van der Waals surface area contributed by atoms with E-state index < -0.39 is 5.95 Å². The van der Waals surface area contributed by atoms with Crippen LogP contribution in [0.2, 0.25) is 0 Å². The number of hydrogen-bond donors (Lipinski definition) is 0. The zero-order valence-electron chi connectivity index (χ0n) is 9.45. The fourth-order valence-electron chi connectivity index (χ4n) is 1.80. The van der Waals surface area contributed by atoms with Gasteiger partial charge in [-0.1, -0.05) is 28.9 Å². The number of rotatable bonds is 3. The van der Waals surface area contributed by atoms with Crippen LogP contribution in [0.3, 0.4) is 0 Å². The second-order valence-corrected chi connectivity index (χ2v) is 4.84. The van der Waals surface area contributed by atoms with Crippen molar-refractivity contribution >= 4 is 11.3 Å². The van der Waals surface area contributed by atoms with Gasteiger partial charge in [-0.2, -0.15) is 0 Å². The molecule has 0 atom stereocenters. The number of thiophene rings is 1. The molecule has 90 valence electrons. The van der Waals surface area contributed by atoms with Crippen LogP contribution in [0, 0.1) is 0 Å². The first kappa shape index (κ1) is 11.0. The van der Waals surface area contributed by atoms with Gasteiger partial charge in [-0.05, 0) is 23.6 Å². The molecule has 0 radical (unpaired) electrons. The summed E-state index contributed by atoms with van der Waals surface area (Å²) in [4.78, 5) is 1.13. The average Bonchev–Trinajstić information content (AvgIpc) is 3.02. The zero-order chi connectivity index (χ0) is 12.4. The highest BCUT2D eigenvalue weighted by atomic mass is 32.1. The minimum atomic E-state index is -0.405. The molecule has 5 heteroatoms. The van der Waals surface area contributed by atoms with Gasteiger partial charge in [-0.15, -0.1) is 11.3 Å². The van der Waals surface area contributed by atoms with Crippen LogP contribution >= 0.6 is 11.3 Å². The molecule has 0 aliphatic carbocycles. The summed E-state index contributed by atoms with van der Waals surface area (Å²) >= 11 is 1.63. The van der Waals surface area contributed by atoms with Crippen molar-refractivity contribution in [3.05, 3.63) is 52.7 Å². The molecule has 0 fully saturated rings. The van der Waals surface area contributed by atoms with E-state index in [1.807, 2.05) is 47.8 Å². The zero-order valence-corrected chi connectivity index (χ0v) is 10.3. The molecule has 0 N–H and O–H groups in total. The summed E-state index contributed by atoms with van der Waals surface area (Å²) in [5.74, 6) is -0.405. The second-order valence-electron chi connectivity index (χ2n) is 3.81. The van der Waals surface area contributed by atoms with Crippen molar-refractivity contribution in [1.82, 2.24) is 5.27 Å². The van der Waals surface area contributed by atoms with Gasteiger partial charge in [0.05, 0.1) is 15.7 Å². The molecule has 18 heavy (non-hydrogen) atoms. The molecule has 0 saturated heterocycles. The van der Waals surface area contributed by atoms with E-state index in [2.05, 4.69) is 5.27 Å². The summed E-state index contributed by atoms with van der Waals surface area (Å²) in [7, 11) is 0. The van der Waals surface area contributed by atoms with Crippen LogP contribution in [-0.2, 0) is 6.54 Å². The van der Waals surface area contributed by atoms with Crippen molar-refractivity contribution in [2.24, 2.45) is 0 Å². The van der Waals surface area contributed by atoms with Crippen molar-refractivity contribution in [2.45, 2.75) is 6.54 Å². The number of nitrogens with zero attached hydrogens (tertiary/aromatic N) is 2. The predicted molar refractivity (Wildman–Crippen MR) is 65.0 cm³/mol.